The summed E-state index contributed by atoms with van der Waals surface area (Å²) in [6.07, 6.45) is -1.54. The van der Waals surface area contributed by atoms with E-state index >= 15 is 0 Å². The van der Waals surface area contributed by atoms with Gasteiger partial charge in [-0.2, -0.15) is 0 Å². The number of methoxy groups -OCH3 is 1. The van der Waals surface area contributed by atoms with Crippen LogP contribution in [-0.2, 0) is 14.2 Å². The summed E-state index contributed by atoms with van der Waals surface area (Å²) in [4.78, 5) is 21.8. The molecule has 1 heterocycles. The maximum Gasteiger partial charge on any atom is 0.514 e. The van der Waals surface area contributed by atoms with Crippen molar-refractivity contribution in [1.82, 2.24) is 0 Å². The van der Waals surface area contributed by atoms with E-state index in [0.717, 1.165) is 0 Å². The Kier molecular flexibility index (Phi) is 3.13. The van der Waals surface area contributed by atoms with Crippen molar-refractivity contribution >= 4 is 12.1 Å². The molecule has 0 aromatic heterocycles. The Morgan fingerprint density at radius 3 is 2.47 bits per heavy atom. The van der Waals surface area contributed by atoms with Crippen molar-refractivity contribution in [3.63, 3.8) is 0 Å². The Balaban J connectivity index is 1.84. The number of hydrogen-bond donors (Lipinski definition) is 0. The summed E-state index contributed by atoms with van der Waals surface area (Å²) in [5.74, 6) is 0.136. The van der Waals surface area contributed by atoms with Gasteiger partial charge in [-0.05, 0) is 24.3 Å². The smallest absolute Gasteiger partial charge is 0.497 e. The molecule has 90 valence electrons. The van der Waals surface area contributed by atoms with Gasteiger partial charge in [-0.15, -0.1) is 0 Å². The summed E-state index contributed by atoms with van der Waals surface area (Å²) >= 11 is 0. The maximum absolute atomic E-state index is 11.5. The van der Waals surface area contributed by atoms with Crippen LogP contribution in [-0.4, -0.2) is 32.1 Å². The standard InChI is InChI=1S/C11H10O6/c1-14-8-4-2-7(3-5-8)10(12)15-6-9-16-11(13)17-9/h2-5,9H,6H2,1H3. The normalized spacial score (nSPS) is 14.3. The maximum atomic E-state index is 11.5. The SMILES string of the molecule is COc1ccc(C(=O)OCC2OC(=O)O2)cc1. The average molecular weight is 238 g/mol. The van der Waals surface area contributed by atoms with E-state index in [2.05, 4.69) is 9.47 Å². The van der Waals surface area contributed by atoms with Gasteiger partial charge in [0.05, 0.1) is 12.7 Å². The van der Waals surface area contributed by atoms with Gasteiger partial charge in [0, 0.05) is 0 Å². The molecule has 17 heavy (non-hydrogen) atoms. The van der Waals surface area contributed by atoms with Gasteiger partial charge in [0.15, 0.2) is 6.61 Å². The highest BCUT2D eigenvalue weighted by atomic mass is 16.9. The number of cyclic esters (lactones) is 2. The minimum absolute atomic E-state index is 0.114. The predicted molar refractivity (Wildman–Crippen MR) is 54.6 cm³/mol. The van der Waals surface area contributed by atoms with Crippen molar-refractivity contribution in [2.45, 2.75) is 6.29 Å². The summed E-state index contributed by atoms with van der Waals surface area (Å²) in [6, 6.07) is 6.45. The van der Waals surface area contributed by atoms with Gasteiger partial charge >= 0.3 is 12.1 Å². The third kappa shape index (κ3) is 2.66. The summed E-state index contributed by atoms with van der Waals surface area (Å²) in [7, 11) is 1.54. The highest BCUT2D eigenvalue weighted by Gasteiger charge is 2.31. The molecule has 1 aromatic carbocycles. The minimum Gasteiger partial charge on any atom is -0.497 e. The first-order valence-corrected chi connectivity index (χ1v) is 4.87. The number of hydrogen-bond acceptors (Lipinski definition) is 6. The zero-order chi connectivity index (χ0) is 12.3. The fourth-order valence-corrected chi connectivity index (χ4v) is 1.25. The van der Waals surface area contributed by atoms with Crippen LogP contribution in [0.25, 0.3) is 0 Å². The summed E-state index contributed by atoms with van der Waals surface area (Å²) in [6.45, 7) is -0.114. The molecule has 0 atom stereocenters. The highest BCUT2D eigenvalue weighted by molar-refractivity contribution is 5.89. The molecule has 0 radical (unpaired) electrons. The van der Waals surface area contributed by atoms with Gasteiger partial charge in [0.25, 0.3) is 6.29 Å². The van der Waals surface area contributed by atoms with Gasteiger partial charge in [0.1, 0.15) is 5.75 Å². The van der Waals surface area contributed by atoms with Crippen LogP contribution >= 0.6 is 0 Å². The Morgan fingerprint density at radius 2 is 1.94 bits per heavy atom. The molecule has 0 amide bonds. The van der Waals surface area contributed by atoms with E-state index in [9.17, 15) is 9.59 Å². The van der Waals surface area contributed by atoms with Crippen LogP contribution in [0, 0.1) is 0 Å². The second-order valence-corrected chi connectivity index (χ2v) is 3.24. The summed E-state index contributed by atoms with van der Waals surface area (Å²) in [5, 5.41) is 0. The molecule has 1 saturated heterocycles. The molecule has 6 nitrogen and oxygen atoms in total. The highest BCUT2D eigenvalue weighted by Crippen LogP contribution is 2.14. The third-order valence-corrected chi connectivity index (χ3v) is 2.13. The lowest BCUT2D eigenvalue weighted by atomic mass is 10.2. The Bertz CT molecular complexity index is 416. The van der Waals surface area contributed by atoms with Gasteiger partial charge in [-0.25, -0.2) is 9.59 Å². The van der Waals surface area contributed by atoms with E-state index in [-0.39, 0.29) is 6.61 Å². The minimum atomic E-state index is -0.787. The Labute approximate surface area is 97.0 Å². The lowest BCUT2D eigenvalue weighted by Gasteiger charge is -2.24. The fraction of sp³-hybridized carbons (Fsp3) is 0.273. The van der Waals surface area contributed by atoms with Crippen molar-refractivity contribution in [1.29, 1.82) is 0 Å². The third-order valence-electron chi connectivity index (χ3n) is 2.13. The van der Waals surface area contributed by atoms with E-state index < -0.39 is 18.4 Å². The monoisotopic (exact) mass is 238 g/mol. The van der Waals surface area contributed by atoms with Crippen LogP contribution in [0.3, 0.4) is 0 Å². The van der Waals surface area contributed by atoms with E-state index in [1.54, 1.807) is 24.3 Å². The molecule has 0 bridgehead atoms. The van der Waals surface area contributed by atoms with Crippen molar-refractivity contribution in [3.8, 4) is 5.75 Å². The predicted octanol–water partition coefficient (Wildman–Crippen LogP) is 1.34. The molecule has 0 N–H and O–H groups in total. The van der Waals surface area contributed by atoms with Crippen LogP contribution in [0.15, 0.2) is 24.3 Å². The van der Waals surface area contributed by atoms with E-state index in [0.29, 0.717) is 11.3 Å². The second-order valence-electron chi connectivity index (χ2n) is 3.24. The van der Waals surface area contributed by atoms with Crippen molar-refractivity contribution in [3.05, 3.63) is 29.8 Å². The molecule has 1 aliphatic rings. The number of esters is 1. The molecule has 0 spiro atoms. The molecule has 2 rings (SSSR count). The van der Waals surface area contributed by atoms with Gasteiger partial charge in [-0.1, -0.05) is 0 Å². The van der Waals surface area contributed by atoms with E-state index in [1.165, 1.54) is 7.11 Å². The number of benzene rings is 1. The number of rotatable bonds is 4. The average Bonchev–Trinajstić information content (AvgIpc) is 2.33. The van der Waals surface area contributed by atoms with Crippen LogP contribution in [0.1, 0.15) is 10.4 Å². The molecule has 1 aliphatic heterocycles. The van der Waals surface area contributed by atoms with E-state index in [1.807, 2.05) is 0 Å². The second kappa shape index (κ2) is 4.73. The lowest BCUT2D eigenvalue weighted by Crippen LogP contribution is -2.39. The largest absolute Gasteiger partial charge is 0.514 e. The summed E-state index contributed by atoms with van der Waals surface area (Å²) in [5.41, 5.74) is 0.386. The molecule has 1 aromatic rings. The molecule has 0 aliphatic carbocycles. The molecule has 0 saturated carbocycles. The molecule has 0 unspecified atom stereocenters. The van der Waals surface area contributed by atoms with Gasteiger partial charge < -0.3 is 18.9 Å². The van der Waals surface area contributed by atoms with Gasteiger partial charge in [0.2, 0.25) is 0 Å². The van der Waals surface area contributed by atoms with Crippen LogP contribution in [0.4, 0.5) is 4.79 Å². The van der Waals surface area contributed by atoms with E-state index in [4.69, 9.17) is 9.47 Å². The van der Waals surface area contributed by atoms with Crippen molar-refractivity contribution < 1.29 is 28.5 Å². The first-order chi connectivity index (χ1) is 8.19. The van der Waals surface area contributed by atoms with Crippen LogP contribution in [0.5, 0.6) is 5.75 Å². The molecular weight excluding hydrogens is 228 g/mol. The zero-order valence-electron chi connectivity index (χ0n) is 9.04. The van der Waals surface area contributed by atoms with Gasteiger partial charge in [-0.3, -0.25) is 0 Å². The Morgan fingerprint density at radius 1 is 1.29 bits per heavy atom. The molecule has 6 heteroatoms. The first kappa shape index (κ1) is 11.3. The zero-order valence-corrected chi connectivity index (χ0v) is 9.04. The number of ether oxygens (including phenoxy) is 4. The summed E-state index contributed by atoms with van der Waals surface area (Å²) < 4.78 is 18.8. The number of carbonyl (C=O) groups is 2. The molecule has 1 fully saturated rings. The molecular formula is C11H10O6. The van der Waals surface area contributed by atoms with Crippen molar-refractivity contribution in [2.75, 3.05) is 13.7 Å². The first-order valence-electron chi connectivity index (χ1n) is 4.87. The van der Waals surface area contributed by atoms with Crippen LogP contribution in [0.2, 0.25) is 0 Å². The lowest BCUT2D eigenvalue weighted by molar-refractivity contribution is -0.198. The van der Waals surface area contributed by atoms with Crippen LogP contribution < -0.4 is 4.74 Å². The quantitative estimate of drug-likeness (QED) is 0.737. The van der Waals surface area contributed by atoms with Crippen molar-refractivity contribution in [2.24, 2.45) is 0 Å². The Hall–Kier alpha value is -2.24. The topological polar surface area (TPSA) is 71.1 Å². The number of carbonyl (C=O) groups excluding carboxylic acids is 2. The fourth-order valence-electron chi connectivity index (χ4n) is 1.25.